The van der Waals surface area contributed by atoms with Crippen molar-refractivity contribution in [2.75, 3.05) is 12.8 Å². The topological polar surface area (TPSA) is 57.4 Å². The number of nitrogens with zero attached hydrogens (tertiary/aromatic N) is 1. The minimum Gasteiger partial charge on any atom is -0.493 e. The van der Waals surface area contributed by atoms with Crippen LogP contribution in [0.2, 0.25) is 0 Å². The van der Waals surface area contributed by atoms with Crippen LogP contribution < -0.4 is 15.2 Å². The third kappa shape index (κ3) is 3.17. The number of hydrogen-bond donors (Lipinski definition) is 1. The van der Waals surface area contributed by atoms with Crippen LogP contribution in [0.4, 0.5) is 5.69 Å². The standard InChI is InChI=1S/C14H15BrN2O2/c1-3-9-4-5-12(13(6-9)18-2)19-14-11(15)7-10(16)8-17-14/h4-8H,3,16H2,1-2H3. The van der Waals surface area contributed by atoms with E-state index in [1.165, 1.54) is 5.56 Å². The molecule has 2 rings (SSSR count). The SMILES string of the molecule is CCc1ccc(Oc2ncc(N)cc2Br)c(OC)c1. The first kappa shape index (κ1) is 13.7. The number of halogens is 1. The molecule has 5 heteroatoms. The minimum atomic E-state index is 0.455. The molecule has 0 aliphatic heterocycles. The maximum Gasteiger partial charge on any atom is 0.233 e. The molecule has 1 aromatic heterocycles. The van der Waals surface area contributed by atoms with Crippen molar-refractivity contribution >= 4 is 21.6 Å². The van der Waals surface area contributed by atoms with Gasteiger partial charge >= 0.3 is 0 Å². The summed E-state index contributed by atoms with van der Waals surface area (Å²) in [5, 5.41) is 0. The highest BCUT2D eigenvalue weighted by Crippen LogP contribution is 2.35. The van der Waals surface area contributed by atoms with Crippen LogP contribution in [0.25, 0.3) is 0 Å². The Morgan fingerprint density at radius 1 is 1.26 bits per heavy atom. The third-order valence-corrected chi connectivity index (χ3v) is 3.24. The fraction of sp³-hybridized carbons (Fsp3) is 0.214. The second-order valence-electron chi connectivity index (χ2n) is 4.00. The summed E-state index contributed by atoms with van der Waals surface area (Å²) < 4.78 is 11.8. The van der Waals surface area contributed by atoms with Crippen LogP contribution in [0, 0.1) is 0 Å². The summed E-state index contributed by atoms with van der Waals surface area (Å²) in [5.74, 6) is 1.76. The Morgan fingerprint density at radius 3 is 2.68 bits per heavy atom. The third-order valence-electron chi connectivity index (χ3n) is 2.67. The van der Waals surface area contributed by atoms with E-state index in [1.807, 2.05) is 18.2 Å². The molecule has 0 fully saturated rings. The smallest absolute Gasteiger partial charge is 0.233 e. The first-order chi connectivity index (χ1) is 9.13. The fourth-order valence-electron chi connectivity index (χ4n) is 1.64. The Labute approximate surface area is 120 Å². The quantitative estimate of drug-likeness (QED) is 0.930. The highest BCUT2D eigenvalue weighted by molar-refractivity contribution is 9.10. The molecule has 19 heavy (non-hydrogen) atoms. The van der Waals surface area contributed by atoms with Gasteiger partial charge in [0, 0.05) is 0 Å². The highest BCUT2D eigenvalue weighted by Gasteiger charge is 2.10. The number of pyridine rings is 1. The lowest BCUT2D eigenvalue weighted by Gasteiger charge is -2.12. The maximum absolute atomic E-state index is 5.75. The number of nitrogen functional groups attached to an aromatic ring is 1. The maximum atomic E-state index is 5.75. The predicted molar refractivity (Wildman–Crippen MR) is 78.8 cm³/mol. The van der Waals surface area contributed by atoms with Gasteiger partial charge in [-0.25, -0.2) is 4.98 Å². The number of methoxy groups -OCH3 is 1. The summed E-state index contributed by atoms with van der Waals surface area (Å²) >= 11 is 3.37. The number of anilines is 1. The van der Waals surface area contributed by atoms with Gasteiger partial charge in [0.1, 0.15) is 0 Å². The molecule has 0 saturated carbocycles. The molecule has 0 radical (unpaired) electrons. The van der Waals surface area contributed by atoms with Crippen LogP contribution in [-0.2, 0) is 6.42 Å². The molecule has 0 saturated heterocycles. The van der Waals surface area contributed by atoms with Gasteiger partial charge in [-0.1, -0.05) is 13.0 Å². The van der Waals surface area contributed by atoms with E-state index in [0.717, 1.165) is 6.42 Å². The van der Waals surface area contributed by atoms with Crippen molar-refractivity contribution in [3.05, 3.63) is 40.5 Å². The molecular formula is C14H15BrN2O2. The number of nitrogens with two attached hydrogens (primary N) is 1. The molecule has 0 aliphatic rings. The average molecular weight is 323 g/mol. The van der Waals surface area contributed by atoms with Crippen molar-refractivity contribution in [3.8, 4) is 17.4 Å². The lowest BCUT2D eigenvalue weighted by atomic mass is 10.1. The van der Waals surface area contributed by atoms with Crippen LogP contribution in [0.1, 0.15) is 12.5 Å². The second-order valence-corrected chi connectivity index (χ2v) is 4.85. The molecule has 0 aliphatic carbocycles. The van der Waals surface area contributed by atoms with Crippen LogP contribution in [-0.4, -0.2) is 12.1 Å². The largest absolute Gasteiger partial charge is 0.493 e. The van der Waals surface area contributed by atoms with E-state index in [1.54, 1.807) is 19.4 Å². The average Bonchev–Trinajstić information content (AvgIpc) is 2.42. The zero-order valence-electron chi connectivity index (χ0n) is 10.8. The monoisotopic (exact) mass is 322 g/mol. The van der Waals surface area contributed by atoms with Gasteiger partial charge in [0.25, 0.3) is 0 Å². The predicted octanol–water partition coefficient (Wildman–Crippen LogP) is 3.79. The molecule has 1 aromatic carbocycles. The van der Waals surface area contributed by atoms with Gasteiger partial charge in [-0.2, -0.15) is 0 Å². The van der Waals surface area contributed by atoms with Gasteiger partial charge in [-0.3, -0.25) is 0 Å². The second kappa shape index (κ2) is 5.93. The number of benzene rings is 1. The zero-order chi connectivity index (χ0) is 13.8. The summed E-state index contributed by atoms with van der Waals surface area (Å²) in [7, 11) is 1.62. The summed E-state index contributed by atoms with van der Waals surface area (Å²) in [4.78, 5) is 4.14. The molecule has 1 heterocycles. The first-order valence-corrected chi connectivity index (χ1v) is 6.69. The normalized spacial score (nSPS) is 10.3. The van der Waals surface area contributed by atoms with Gasteiger partial charge in [0.2, 0.25) is 5.88 Å². The van der Waals surface area contributed by atoms with Gasteiger partial charge in [0.05, 0.1) is 23.5 Å². The number of aromatic nitrogens is 1. The van der Waals surface area contributed by atoms with E-state index >= 15 is 0 Å². The van der Waals surface area contributed by atoms with Crippen molar-refractivity contribution in [1.82, 2.24) is 4.98 Å². The Bertz CT molecular complexity index is 588. The van der Waals surface area contributed by atoms with E-state index in [2.05, 4.69) is 27.8 Å². The molecule has 2 N–H and O–H groups in total. The number of ether oxygens (including phenoxy) is 2. The Hall–Kier alpha value is -1.75. The van der Waals surface area contributed by atoms with Crippen molar-refractivity contribution in [2.24, 2.45) is 0 Å². The van der Waals surface area contributed by atoms with Crippen LogP contribution >= 0.6 is 15.9 Å². The Balaban J connectivity index is 2.32. The van der Waals surface area contributed by atoms with Crippen molar-refractivity contribution in [2.45, 2.75) is 13.3 Å². The van der Waals surface area contributed by atoms with Crippen LogP contribution in [0.5, 0.6) is 17.4 Å². The Morgan fingerprint density at radius 2 is 2.05 bits per heavy atom. The summed E-state index contributed by atoms with van der Waals surface area (Å²) in [5.41, 5.74) is 7.41. The molecule has 0 atom stereocenters. The van der Waals surface area contributed by atoms with E-state index in [-0.39, 0.29) is 0 Å². The number of aryl methyl sites for hydroxylation is 1. The molecule has 100 valence electrons. The van der Waals surface area contributed by atoms with Gasteiger partial charge in [-0.05, 0) is 46.1 Å². The number of rotatable bonds is 4. The van der Waals surface area contributed by atoms with Gasteiger partial charge in [-0.15, -0.1) is 0 Å². The summed E-state index contributed by atoms with van der Waals surface area (Å²) in [6.45, 7) is 2.09. The fourth-order valence-corrected chi connectivity index (χ4v) is 2.08. The van der Waals surface area contributed by atoms with Gasteiger partial charge in [0.15, 0.2) is 11.5 Å². The molecule has 0 spiro atoms. The molecule has 4 nitrogen and oxygen atoms in total. The molecular weight excluding hydrogens is 308 g/mol. The lowest BCUT2D eigenvalue weighted by molar-refractivity contribution is 0.373. The summed E-state index contributed by atoms with van der Waals surface area (Å²) in [6, 6.07) is 7.58. The Kier molecular flexibility index (Phi) is 4.27. The minimum absolute atomic E-state index is 0.455. The van der Waals surface area contributed by atoms with E-state index in [0.29, 0.717) is 27.5 Å². The molecule has 0 bridgehead atoms. The van der Waals surface area contributed by atoms with Crippen molar-refractivity contribution < 1.29 is 9.47 Å². The van der Waals surface area contributed by atoms with Gasteiger partial charge < -0.3 is 15.2 Å². The van der Waals surface area contributed by atoms with Crippen LogP contribution in [0.15, 0.2) is 34.9 Å². The van der Waals surface area contributed by atoms with E-state index in [4.69, 9.17) is 15.2 Å². The highest BCUT2D eigenvalue weighted by atomic mass is 79.9. The number of hydrogen-bond acceptors (Lipinski definition) is 4. The van der Waals surface area contributed by atoms with Crippen LogP contribution in [0.3, 0.4) is 0 Å². The van der Waals surface area contributed by atoms with Crippen molar-refractivity contribution in [1.29, 1.82) is 0 Å². The first-order valence-electron chi connectivity index (χ1n) is 5.89. The van der Waals surface area contributed by atoms with Crippen molar-refractivity contribution in [3.63, 3.8) is 0 Å². The molecule has 2 aromatic rings. The van der Waals surface area contributed by atoms with E-state index < -0.39 is 0 Å². The molecule has 0 unspecified atom stereocenters. The lowest BCUT2D eigenvalue weighted by Crippen LogP contribution is -1.95. The zero-order valence-corrected chi connectivity index (χ0v) is 12.4. The summed E-state index contributed by atoms with van der Waals surface area (Å²) in [6.07, 6.45) is 2.49. The molecule has 0 amide bonds. The van der Waals surface area contributed by atoms with E-state index in [9.17, 15) is 0 Å².